The molecule has 0 aromatic carbocycles. The standard InChI is InChI=1S/C4H7N2.Ag/c1-6-3-2-5-4-6;/h2-3H,4H2,1H3;/q-1;+1. The average molecular weight is 191 g/mol. The summed E-state index contributed by atoms with van der Waals surface area (Å²) in [7, 11) is 1.99. The van der Waals surface area contributed by atoms with Crippen LogP contribution in [0.25, 0.3) is 5.32 Å². The van der Waals surface area contributed by atoms with E-state index in [1.807, 2.05) is 18.1 Å². The van der Waals surface area contributed by atoms with Crippen LogP contribution in [0.15, 0.2) is 12.4 Å². The summed E-state index contributed by atoms with van der Waals surface area (Å²) in [5.41, 5.74) is 0. The molecular formula is C4H7AgN2. The third-order valence-corrected chi connectivity index (χ3v) is 0.731. The van der Waals surface area contributed by atoms with Crippen molar-refractivity contribution in [1.82, 2.24) is 4.90 Å². The molecule has 3 heteroatoms. The molecule has 0 aliphatic carbocycles. The van der Waals surface area contributed by atoms with Crippen molar-refractivity contribution in [3.05, 3.63) is 17.7 Å². The predicted molar refractivity (Wildman–Crippen MR) is 25.1 cm³/mol. The average Bonchev–Trinajstić information content (AvgIpc) is 1.86. The molecule has 1 heterocycles. The van der Waals surface area contributed by atoms with Gasteiger partial charge in [-0.2, -0.15) is 6.20 Å². The number of hydrogen-bond acceptors (Lipinski definition) is 1. The van der Waals surface area contributed by atoms with Crippen LogP contribution < -0.4 is 0 Å². The molecule has 0 radical (unpaired) electrons. The van der Waals surface area contributed by atoms with E-state index in [1.165, 1.54) is 0 Å². The molecule has 0 spiro atoms. The van der Waals surface area contributed by atoms with Crippen LogP contribution in [0, 0.1) is 0 Å². The van der Waals surface area contributed by atoms with Gasteiger partial charge in [0.05, 0.1) is 0 Å². The Hall–Kier alpha value is 0.0803. The Kier molecular flexibility index (Phi) is 3.17. The quantitative estimate of drug-likeness (QED) is 0.516. The Morgan fingerprint density at radius 2 is 2.43 bits per heavy atom. The summed E-state index contributed by atoms with van der Waals surface area (Å²) in [6.07, 6.45) is 3.75. The first-order valence-corrected chi connectivity index (χ1v) is 1.93. The van der Waals surface area contributed by atoms with Crippen LogP contribution in [0.2, 0.25) is 0 Å². The summed E-state index contributed by atoms with van der Waals surface area (Å²) < 4.78 is 0. The van der Waals surface area contributed by atoms with Crippen LogP contribution in [0.3, 0.4) is 0 Å². The van der Waals surface area contributed by atoms with Crippen molar-refractivity contribution < 1.29 is 22.4 Å². The van der Waals surface area contributed by atoms with E-state index in [1.54, 1.807) is 6.20 Å². The van der Waals surface area contributed by atoms with E-state index in [-0.39, 0.29) is 22.4 Å². The van der Waals surface area contributed by atoms with Crippen molar-refractivity contribution in [2.75, 3.05) is 13.7 Å². The van der Waals surface area contributed by atoms with Crippen molar-refractivity contribution in [1.29, 1.82) is 0 Å². The van der Waals surface area contributed by atoms with Crippen molar-refractivity contribution in [3.8, 4) is 0 Å². The first kappa shape index (κ1) is 7.08. The largest absolute Gasteiger partial charge is 1.00 e. The van der Waals surface area contributed by atoms with E-state index >= 15 is 0 Å². The van der Waals surface area contributed by atoms with Crippen LogP contribution in [0.1, 0.15) is 0 Å². The van der Waals surface area contributed by atoms with Gasteiger partial charge in [0.2, 0.25) is 0 Å². The third-order valence-electron chi connectivity index (χ3n) is 0.731. The normalized spacial score (nSPS) is 15.9. The summed E-state index contributed by atoms with van der Waals surface area (Å²) in [5, 5.41) is 3.91. The van der Waals surface area contributed by atoms with Gasteiger partial charge in [-0.05, 0) is 6.20 Å². The first-order valence-electron chi connectivity index (χ1n) is 1.93. The van der Waals surface area contributed by atoms with E-state index in [0.717, 1.165) is 6.67 Å². The molecular weight excluding hydrogens is 184 g/mol. The van der Waals surface area contributed by atoms with Gasteiger partial charge in [0, 0.05) is 7.05 Å². The summed E-state index contributed by atoms with van der Waals surface area (Å²) in [4.78, 5) is 2.01. The molecule has 0 amide bonds. The zero-order chi connectivity index (χ0) is 4.41. The zero-order valence-electron chi connectivity index (χ0n) is 4.06. The zero-order valence-corrected chi connectivity index (χ0v) is 5.54. The molecule has 0 fully saturated rings. The van der Waals surface area contributed by atoms with Gasteiger partial charge < -0.3 is 10.2 Å². The molecule has 0 bridgehead atoms. The molecule has 7 heavy (non-hydrogen) atoms. The molecule has 0 aromatic rings. The van der Waals surface area contributed by atoms with Gasteiger partial charge in [-0.1, -0.05) is 6.67 Å². The molecule has 1 aliphatic heterocycles. The summed E-state index contributed by atoms with van der Waals surface area (Å²) >= 11 is 0. The Bertz CT molecular complexity index is 72.1. The van der Waals surface area contributed by atoms with Crippen LogP contribution in [0.5, 0.6) is 0 Å². The maximum Gasteiger partial charge on any atom is 1.00 e. The second-order valence-corrected chi connectivity index (χ2v) is 1.38. The van der Waals surface area contributed by atoms with E-state index in [0.29, 0.717) is 0 Å². The minimum atomic E-state index is 0. The van der Waals surface area contributed by atoms with Crippen LogP contribution in [0.4, 0.5) is 0 Å². The van der Waals surface area contributed by atoms with Gasteiger partial charge in [0.25, 0.3) is 0 Å². The Morgan fingerprint density at radius 1 is 1.71 bits per heavy atom. The van der Waals surface area contributed by atoms with Crippen LogP contribution in [-0.4, -0.2) is 18.6 Å². The molecule has 0 atom stereocenters. The van der Waals surface area contributed by atoms with Crippen molar-refractivity contribution in [2.24, 2.45) is 0 Å². The van der Waals surface area contributed by atoms with Crippen molar-refractivity contribution >= 4 is 0 Å². The SMILES string of the molecule is CN1C=C[N-]C1.[Ag+]. The Balaban J connectivity index is 0.000000360. The summed E-state index contributed by atoms with van der Waals surface area (Å²) in [6, 6.07) is 0. The topological polar surface area (TPSA) is 17.3 Å². The Labute approximate surface area is 59.1 Å². The fourth-order valence-corrected chi connectivity index (χ4v) is 0.384. The van der Waals surface area contributed by atoms with E-state index in [9.17, 15) is 0 Å². The monoisotopic (exact) mass is 190 g/mol. The van der Waals surface area contributed by atoms with Gasteiger partial charge in [-0.3, -0.25) is 0 Å². The number of rotatable bonds is 0. The first-order chi connectivity index (χ1) is 2.89. The minimum absolute atomic E-state index is 0. The summed E-state index contributed by atoms with van der Waals surface area (Å²) in [5.74, 6) is 0. The molecule has 0 saturated carbocycles. The van der Waals surface area contributed by atoms with Gasteiger partial charge in [-0.25, -0.2) is 0 Å². The number of nitrogens with zero attached hydrogens (tertiary/aromatic N) is 2. The number of hydrogen-bond donors (Lipinski definition) is 0. The Morgan fingerprint density at radius 3 is 2.57 bits per heavy atom. The molecule has 0 N–H and O–H groups in total. The molecule has 0 aromatic heterocycles. The molecule has 44 valence electrons. The second-order valence-electron chi connectivity index (χ2n) is 1.38. The third kappa shape index (κ3) is 2.02. The maximum atomic E-state index is 3.91. The maximum absolute atomic E-state index is 3.91. The smallest absolute Gasteiger partial charge is 0.673 e. The summed E-state index contributed by atoms with van der Waals surface area (Å²) in [6.45, 7) is 0.833. The van der Waals surface area contributed by atoms with E-state index in [4.69, 9.17) is 0 Å². The van der Waals surface area contributed by atoms with E-state index in [2.05, 4.69) is 5.32 Å². The van der Waals surface area contributed by atoms with Gasteiger partial charge >= 0.3 is 22.4 Å². The molecule has 0 saturated heterocycles. The minimum Gasteiger partial charge on any atom is -0.673 e. The van der Waals surface area contributed by atoms with Crippen LogP contribution in [-0.2, 0) is 22.4 Å². The van der Waals surface area contributed by atoms with Gasteiger partial charge in [-0.15, -0.1) is 0 Å². The van der Waals surface area contributed by atoms with Crippen molar-refractivity contribution in [3.63, 3.8) is 0 Å². The second kappa shape index (κ2) is 3.13. The van der Waals surface area contributed by atoms with Gasteiger partial charge in [0.1, 0.15) is 0 Å². The molecule has 0 unspecified atom stereocenters. The molecule has 2 nitrogen and oxygen atoms in total. The van der Waals surface area contributed by atoms with Crippen molar-refractivity contribution in [2.45, 2.75) is 0 Å². The fraction of sp³-hybridized carbons (Fsp3) is 0.500. The van der Waals surface area contributed by atoms with E-state index < -0.39 is 0 Å². The fourth-order valence-electron chi connectivity index (χ4n) is 0.384. The van der Waals surface area contributed by atoms with Gasteiger partial charge in [0.15, 0.2) is 0 Å². The molecule has 1 aliphatic rings. The predicted octanol–water partition coefficient (Wildman–Crippen LogP) is 0.732. The molecule has 1 rings (SSSR count). The van der Waals surface area contributed by atoms with Crippen LogP contribution >= 0.6 is 0 Å².